The van der Waals surface area contributed by atoms with Crippen LogP contribution >= 0.6 is 11.8 Å². The second kappa shape index (κ2) is 6.14. The van der Waals surface area contributed by atoms with E-state index in [0.29, 0.717) is 6.04 Å². The molecule has 0 bridgehead atoms. The van der Waals surface area contributed by atoms with Gasteiger partial charge in [-0.25, -0.2) is 4.98 Å². The van der Waals surface area contributed by atoms with E-state index in [1.54, 1.807) is 0 Å². The molecule has 0 amide bonds. The number of aromatic nitrogens is 1. The highest BCUT2D eigenvalue weighted by Crippen LogP contribution is 2.25. The first kappa shape index (κ1) is 14.7. The summed E-state index contributed by atoms with van der Waals surface area (Å²) in [6.07, 6.45) is 3.20. The van der Waals surface area contributed by atoms with Crippen LogP contribution in [0.5, 0.6) is 0 Å². The van der Waals surface area contributed by atoms with E-state index >= 15 is 0 Å². The minimum Gasteiger partial charge on any atom is -0.356 e. The molecule has 1 aromatic heterocycles. The number of anilines is 1. The Labute approximate surface area is 121 Å². The number of hydrogen-bond donors (Lipinski definition) is 1. The van der Waals surface area contributed by atoms with Gasteiger partial charge in [0.25, 0.3) is 0 Å². The van der Waals surface area contributed by atoms with Crippen LogP contribution in [-0.4, -0.2) is 35.1 Å². The van der Waals surface area contributed by atoms with E-state index in [-0.39, 0.29) is 5.54 Å². The molecule has 0 aliphatic carbocycles. The molecule has 1 atom stereocenters. The van der Waals surface area contributed by atoms with Gasteiger partial charge in [0.15, 0.2) is 0 Å². The normalized spacial score (nSPS) is 19.7. The third kappa shape index (κ3) is 4.39. The summed E-state index contributed by atoms with van der Waals surface area (Å²) in [5, 5.41) is 3.52. The van der Waals surface area contributed by atoms with Crippen molar-refractivity contribution < 1.29 is 0 Å². The van der Waals surface area contributed by atoms with Crippen molar-refractivity contribution in [3.63, 3.8) is 0 Å². The zero-order valence-electron chi connectivity index (χ0n) is 12.4. The number of rotatable bonds is 4. The van der Waals surface area contributed by atoms with Crippen LogP contribution in [0.4, 0.5) is 5.82 Å². The quantitative estimate of drug-likeness (QED) is 0.917. The Bertz CT molecular complexity index is 408. The van der Waals surface area contributed by atoms with Crippen molar-refractivity contribution in [1.29, 1.82) is 0 Å². The van der Waals surface area contributed by atoms with Gasteiger partial charge in [0, 0.05) is 37.1 Å². The number of nitrogens with one attached hydrogen (secondary N) is 1. The third-order valence-corrected chi connectivity index (χ3v) is 4.59. The standard InChI is InChI=1S/C15H25N3S/c1-15(2,3)17-10-12-5-7-16-14(9-12)18(4)13-6-8-19-11-13/h5,7,9,13,17H,6,8,10-11H2,1-4H3. The second-order valence-electron chi connectivity index (χ2n) is 6.25. The summed E-state index contributed by atoms with van der Waals surface area (Å²) in [5.41, 5.74) is 1.45. The van der Waals surface area contributed by atoms with Gasteiger partial charge in [-0.1, -0.05) is 0 Å². The largest absolute Gasteiger partial charge is 0.356 e. The van der Waals surface area contributed by atoms with Gasteiger partial charge in [-0.2, -0.15) is 11.8 Å². The van der Waals surface area contributed by atoms with E-state index in [1.165, 1.54) is 23.5 Å². The van der Waals surface area contributed by atoms with E-state index in [4.69, 9.17) is 0 Å². The van der Waals surface area contributed by atoms with Crippen LogP contribution in [0.2, 0.25) is 0 Å². The average Bonchev–Trinajstić information content (AvgIpc) is 2.89. The van der Waals surface area contributed by atoms with Gasteiger partial charge in [-0.15, -0.1) is 0 Å². The molecule has 1 N–H and O–H groups in total. The van der Waals surface area contributed by atoms with Gasteiger partial charge < -0.3 is 10.2 Å². The maximum Gasteiger partial charge on any atom is 0.128 e. The monoisotopic (exact) mass is 279 g/mol. The second-order valence-corrected chi connectivity index (χ2v) is 7.40. The molecule has 1 aromatic rings. The number of nitrogens with zero attached hydrogens (tertiary/aromatic N) is 2. The summed E-state index contributed by atoms with van der Waals surface area (Å²) in [6, 6.07) is 4.95. The molecule has 3 nitrogen and oxygen atoms in total. The number of thioether (sulfide) groups is 1. The van der Waals surface area contributed by atoms with Crippen molar-refractivity contribution in [2.75, 3.05) is 23.5 Å². The van der Waals surface area contributed by atoms with Gasteiger partial charge in [0.2, 0.25) is 0 Å². The highest BCUT2D eigenvalue weighted by molar-refractivity contribution is 7.99. The van der Waals surface area contributed by atoms with Gasteiger partial charge in [-0.05, 0) is 50.6 Å². The van der Waals surface area contributed by atoms with E-state index in [2.05, 4.69) is 55.2 Å². The Morgan fingerprint density at radius 2 is 2.26 bits per heavy atom. The lowest BCUT2D eigenvalue weighted by Gasteiger charge is -2.26. The van der Waals surface area contributed by atoms with Crippen LogP contribution < -0.4 is 10.2 Å². The van der Waals surface area contributed by atoms with E-state index in [0.717, 1.165) is 12.4 Å². The van der Waals surface area contributed by atoms with Crippen LogP contribution in [-0.2, 0) is 6.54 Å². The van der Waals surface area contributed by atoms with E-state index in [9.17, 15) is 0 Å². The molecule has 4 heteroatoms. The van der Waals surface area contributed by atoms with Crippen molar-refractivity contribution >= 4 is 17.6 Å². The number of hydrogen-bond acceptors (Lipinski definition) is 4. The van der Waals surface area contributed by atoms with Crippen LogP contribution in [0.1, 0.15) is 32.8 Å². The van der Waals surface area contributed by atoms with Crippen molar-refractivity contribution in [1.82, 2.24) is 10.3 Å². The van der Waals surface area contributed by atoms with Crippen LogP contribution in [0, 0.1) is 0 Å². The molecular weight excluding hydrogens is 254 g/mol. The summed E-state index contributed by atoms with van der Waals surface area (Å²) in [5.74, 6) is 3.60. The summed E-state index contributed by atoms with van der Waals surface area (Å²) in [7, 11) is 2.17. The minimum absolute atomic E-state index is 0.150. The first-order chi connectivity index (χ1) is 8.96. The maximum atomic E-state index is 4.52. The third-order valence-electron chi connectivity index (χ3n) is 3.45. The lowest BCUT2D eigenvalue weighted by atomic mass is 10.1. The highest BCUT2D eigenvalue weighted by Gasteiger charge is 2.21. The molecule has 1 saturated heterocycles. The summed E-state index contributed by atoms with van der Waals surface area (Å²) < 4.78 is 0. The lowest BCUT2D eigenvalue weighted by molar-refractivity contribution is 0.424. The van der Waals surface area contributed by atoms with Gasteiger partial charge in [0.1, 0.15) is 5.82 Å². The van der Waals surface area contributed by atoms with Crippen molar-refractivity contribution in [2.24, 2.45) is 0 Å². The molecule has 2 heterocycles. The summed E-state index contributed by atoms with van der Waals surface area (Å²) >= 11 is 2.04. The SMILES string of the molecule is CN(c1cc(CNC(C)(C)C)ccn1)C1CCSC1. The summed E-state index contributed by atoms with van der Waals surface area (Å²) in [6.45, 7) is 7.47. The Kier molecular flexibility index (Phi) is 4.74. The molecule has 0 radical (unpaired) electrons. The van der Waals surface area contributed by atoms with Gasteiger partial charge in [-0.3, -0.25) is 0 Å². The fourth-order valence-corrected chi connectivity index (χ4v) is 3.41. The van der Waals surface area contributed by atoms with Crippen LogP contribution in [0.3, 0.4) is 0 Å². The highest BCUT2D eigenvalue weighted by atomic mass is 32.2. The van der Waals surface area contributed by atoms with E-state index in [1.807, 2.05) is 18.0 Å². The molecule has 0 spiro atoms. The van der Waals surface area contributed by atoms with Crippen molar-refractivity contribution in [3.05, 3.63) is 23.9 Å². The number of pyridine rings is 1. The minimum atomic E-state index is 0.150. The average molecular weight is 279 g/mol. The molecular formula is C15H25N3S. The zero-order valence-corrected chi connectivity index (χ0v) is 13.3. The molecule has 0 saturated carbocycles. The Hall–Kier alpha value is -0.740. The van der Waals surface area contributed by atoms with Crippen LogP contribution in [0.15, 0.2) is 18.3 Å². The molecule has 1 fully saturated rings. The molecule has 0 aromatic carbocycles. The predicted molar refractivity (Wildman–Crippen MR) is 85.0 cm³/mol. The van der Waals surface area contributed by atoms with E-state index < -0.39 is 0 Å². The first-order valence-electron chi connectivity index (χ1n) is 6.96. The molecule has 1 aliphatic heterocycles. The fraction of sp³-hybridized carbons (Fsp3) is 0.667. The van der Waals surface area contributed by atoms with Gasteiger partial charge >= 0.3 is 0 Å². The Morgan fingerprint density at radius 1 is 1.47 bits per heavy atom. The smallest absolute Gasteiger partial charge is 0.128 e. The van der Waals surface area contributed by atoms with Crippen molar-refractivity contribution in [3.8, 4) is 0 Å². The first-order valence-corrected chi connectivity index (χ1v) is 8.12. The fourth-order valence-electron chi connectivity index (χ4n) is 2.15. The summed E-state index contributed by atoms with van der Waals surface area (Å²) in [4.78, 5) is 6.85. The Balaban J connectivity index is 2.01. The predicted octanol–water partition coefficient (Wildman–Crippen LogP) is 2.91. The molecule has 1 unspecified atom stereocenters. The molecule has 2 rings (SSSR count). The maximum absolute atomic E-state index is 4.52. The molecule has 106 valence electrons. The van der Waals surface area contributed by atoms with Gasteiger partial charge in [0.05, 0.1) is 0 Å². The lowest BCUT2D eigenvalue weighted by Crippen LogP contribution is -2.35. The molecule has 1 aliphatic rings. The van der Waals surface area contributed by atoms with Crippen LogP contribution in [0.25, 0.3) is 0 Å². The van der Waals surface area contributed by atoms with Crippen molar-refractivity contribution in [2.45, 2.75) is 45.3 Å². The molecule has 19 heavy (non-hydrogen) atoms. The topological polar surface area (TPSA) is 28.2 Å². The Morgan fingerprint density at radius 3 is 2.89 bits per heavy atom. The zero-order chi connectivity index (χ0) is 13.9.